The van der Waals surface area contributed by atoms with Crippen molar-refractivity contribution in [1.82, 2.24) is 9.80 Å². The van der Waals surface area contributed by atoms with E-state index in [-0.39, 0.29) is 18.2 Å². The number of nitrogens with zero attached hydrogens (tertiary/aromatic N) is 3. The van der Waals surface area contributed by atoms with Crippen LogP contribution in [0.4, 0.5) is 5.69 Å². The van der Waals surface area contributed by atoms with Crippen LogP contribution in [0.2, 0.25) is 5.02 Å². The Hall–Kier alpha value is -1.75. The fraction of sp³-hybridized carbons (Fsp3) is 0.529. The monoisotopic (exact) mass is 335 g/mol. The molecule has 3 rings (SSSR count). The zero-order chi connectivity index (χ0) is 16.2. The molecule has 1 aromatic carbocycles. The third-order valence-electron chi connectivity index (χ3n) is 4.57. The SMILES string of the molecule is O=C(CC(=O)N1CCN(c2cccc(Cl)c2)CC1)N1CCCC1. The molecule has 2 saturated heterocycles. The van der Waals surface area contributed by atoms with Crippen molar-refractivity contribution >= 4 is 29.1 Å². The van der Waals surface area contributed by atoms with Gasteiger partial charge >= 0.3 is 0 Å². The first kappa shape index (κ1) is 16.1. The molecule has 0 radical (unpaired) electrons. The third kappa shape index (κ3) is 3.96. The summed E-state index contributed by atoms with van der Waals surface area (Å²) in [5.41, 5.74) is 1.08. The fourth-order valence-electron chi connectivity index (χ4n) is 3.21. The molecule has 0 bridgehead atoms. The summed E-state index contributed by atoms with van der Waals surface area (Å²) in [6, 6.07) is 7.76. The molecular formula is C17H22ClN3O2. The topological polar surface area (TPSA) is 43.9 Å². The van der Waals surface area contributed by atoms with Gasteiger partial charge in [0.05, 0.1) is 0 Å². The standard InChI is InChI=1S/C17H22ClN3O2/c18-14-4-3-5-15(12-14)19-8-10-21(11-9-19)17(23)13-16(22)20-6-1-2-7-20/h3-5,12H,1-2,6-11,13H2. The average Bonchev–Trinajstić information content (AvgIpc) is 3.09. The quantitative estimate of drug-likeness (QED) is 0.794. The molecule has 5 nitrogen and oxygen atoms in total. The van der Waals surface area contributed by atoms with Crippen LogP contribution in [-0.4, -0.2) is 60.9 Å². The van der Waals surface area contributed by atoms with Crippen molar-refractivity contribution in [3.8, 4) is 0 Å². The zero-order valence-corrected chi connectivity index (χ0v) is 14.0. The van der Waals surface area contributed by atoms with Gasteiger partial charge in [-0.05, 0) is 31.0 Å². The maximum atomic E-state index is 12.3. The van der Waals surface area contributed by atoms with E-state index in [0.29, 0.717) is 13.1 Å². The largest absolute Gasteiger partial charge is 0.368 e. The molecule has 23 heavy (non-hydrogen) atoms. The molecule has 2 amide bonds. The van der Waals surface area contributed by atoms with Crippen molar-refractivity contribution in [3.63, 3.8) is 0 Å². The van der Waals surface area contributed by atoms with Gasteiger partial charge in [-0.15, -0.1) is 0 Å². The van der Waals surface area contributed by atoms with Crippen LogP contribution in [0.25, 0.3) is 0 Å². The van der Waals surface area contributed by atoms with Crippen LogP contribution >= 0.6 is 11.6 Å². The molecule has 1 aromatic rings. The molecule has 0 N–H and O–H groups in total. The Morgan fingerprint density at radius 3 is 2.13 bits per heavy atom. The van der Waals surface area contributed by atoms with Crippen molar-refractivity contribution < 1.29 is 9.59 Å². The number of rotatable bonds is 3. The van der Waals surface area contributed by atoms with E-state index in [0.717, 1.165) is 49.7 Å². The number of halogens is 1. The van der Waals surface area contributed by atoms with Crippen LogP contribution in [0.1, 0.15) is 19.3 Å². The van der Waals surface area contributed by atoms with Gasteiger partial charge in [-0.1, -0.05) is 17.7 Å². The summed E-state index contributed by atoms with van der Waals surface area (Å²) < 4.78 is 0. The Bertz CT molecular complexity index is 579. The van der Waals surface area contributed by atoms with Crippen molar-refractivity contribution in [1.29, 1.82) is 0 Å². The van der Waals surface area contributed by atoms with E-state index in [4.69, 9.17) is 11.6 Å². The number of hydrogen-bond acceptors (Lipinski definition) is 3. The van der Waals surface area contributed by atoms with Crippen molar-refractivity contribution in [3.05, 3.63) is 29.3 Å². The number of carbonyl (C=O) groups excluding carboxylic acids is 2. The number of amides is 2. The van der Waals surface area contributed by atoms with Gasteiger partial charge in [-0.2, -0.15) is 0 Å². The molecule has 0 unspecified atom stereocenters. The maximum absolute atomic E-state index is 12.3. The first-order valence-electron chi connectivity index (χ1n) is 8.19. The highest BCUT2D eigenvalue weighted by Crippen LogP contribution is 2.21. The van der Waals surface area contributed by atoms with Crippen LogP contribution in [0, 0.1) is 0 Å². The van der Waals surface area contributed by atoms with E-state index in [2.05, 4.69) is 4.90 Å². The Balaban J connectivity index is 1.50. The van der Waals surface area contributed by atoms with Gasteiger partial charge in [0.2, 0.25) is 11.8 Å². The highest BCUT2D eigenvalue weighted by Gasteiger charge is 2.26. The van der Waals surface area contributed by atoms with E-state index in [9.17, 15) is 9.59 Å². The van der Waals surface area contributed by atoms with E-state index in [1.54, 1.807) is 9.80 Å². The molecule has 0 aliphatic carbocycles. The zero-order valence-electron chi connectivity index (χ0n) is 13.2. The Morgan fingerprint density at radius 2 is 1.52 bits per heavy atom. The second kappa shape index (κ2) is 7.21. The van der Waals surface area contributed by atoms with E-state index in [1.165, 1.54) is 0 Å². The van der Waals surface area contributed by atoms with Gasteiger partial charge in [0.1, 0.15) is 6.42 Å². The molecule has 124 valence electrons. The molecule has 2 aliphatic rings. The molecule has 2 aliphatic heterocycles. The van der Waals surface area contributed by atoms with Crippen LogP contribution in [0.15, 0.2) is 24.3 Å². The highest BCUT2D eigenvalue weighted by atomic mass is 35.5. The minimum Gasteiger partial charge on any atom is -0.368 e. The molecule has 6 heteroatoms. The average molecular weight is 336 g/mol. The van der Waals surface area contributed by atoms with Crippen molar-refractivity contribution in [2.75, 3.05) is 44.2 Å². The smallest absolute Gasteiger partial charge is 0.232 e. The highest BCUT2D eigenvalue weighted by molar-refractivity contribution is 6.30. The number of piperazine rings is 1. The molecule has 2 fully saturated rings. The van der Waals surface area contributed by atoms with E-state index >= 15 is 0 Å². The number of benzene rings is 1. The summed E-state index contributed by atoms with van der Waals surface area (Å²) >= 11 is 6.03. The van der Waals surface area contributed by atoms with Crippen LogP contribution < -0.4 is 4.90 Å². The van der Waals surface area contributed by atoms with Gasteiger partial charge < -0.3 is 14.7 Å². The van der Waals surface area contributed by atoms with Crippen LogP contribution in [0.3, 0.4) is 0 Å². The summed E-state index contributed by atoms with van der Waals surface area (Å²) in [5, 5.41) is 0.720. The lowest BCUT2D eigenvalue weighted by Crippen LogP contribution is -2.49. The normalized spacial score (nSPS) is 18.4. The van der Waals surface area contributed by atoms with Gasteiger partial charge in [0.15, 0.2) is 0 Å². The van der Waals surface area contributed by atoms with E-state index in [1.807, 2.05) is 24.3 Å². The van der Waals surface area contributed by atoms with Crippen molar-refractivity contribution in [2.45, 2.75) is 19.3 Å². The molecule has 0 saturated carbocycles. The Kier molecular flexibility index (Phi) is 5.06. The minimum atomic E-state index is -0.0485. The molecule has 0 atom stereocenters. The number of carbonyl (C=O) groups is 2. The molecule has 0 spiro atoms. The third-order valence-corrected chi connectivity index (χ3v) is 4.80. The van der Waals surface area contributed by atoms with Gasteiger partial charge in [0, 0.05) is 50.0 Å². The van der Waals surface area contributed by atoms with Crippen molar-refractivity contribution in [2.24, 2.45) is 0 Å². The lowest BCUT2D eigenvalue weighted by Gasteiger charge is -2.36. The Labute approximate surface area is 141 Å². The van der Waals surface area contributed by atoms with Gasteiger partial charge in [-0.25, -0.2) is 0 Å². The summed E-state index contributed by atoms with van der Waals surface area (Å²) in [6.45, 7) is 4.44. The number of likely N-dealkylation sites (tertiary alicyclic amines) is 1. The molecule has 2 heterocycles. The summed E-state index contributed by atoms with van der Waals surface area (Å²) in [6.07, 6.45) is 2.12. The summed E-state index contributed by atoms with van der Waals surface area (Å²) in [5.74, 6) is -0.0718. The Morgan fingerprint density at radius 1 is 0.913 bits per heavy atom. The predicted octanol–water partition coefficient (Wildman–Crippen LogP) is 2.00. The molecule has 0 aromatic heterocycles. The van der Waals surface area contributed by atoms with E-state index < -0.39 is 0 Å². The minimum absolute atomic E-state index is 0.0111. The second-order valence-corrected chi connectivity index (χ2v) is 6.55. The molecular weight excluding hydrogens is 314 g/mol. The number of anilines is 1. The first-order chi connectivity index (χ1) is 11.1. The van der Waals surface area contributed by atoms with Crippen LogP contribution in [-0.2, 0) is 9.59 Å². The lowest BCUT2D eigenvalue weighted by atomic mass is 10.2. The fourth-order valence-corrected chi connectivity index (χ4v) is 3.39. The van der Waals surface area contributed by atoms with Gasteiger partial charge in [-0.3, -0.25) is 9.59 Å². The van der Waals surface area contributed by atoms with Gasteiger partial charge in [0.25, 0.3) is 0 Å². The predicted molar refractivity (Wildman–Crippen MR) is 90.7 cm³/mol. The first-order valence-corrected chi connectivity index (χ1v) is 8.57. The second-order valence-electron chi connectivity index (χ2n) is 6.11. The summed E-state index contributed by atoms with van der Waals surface area (Å²) in [4.78, 5) is 30.2. The lowest BCUT2D eigenvalue weighted by molar-refractivity contribution is -0.140. The number of hydrogen-bond donors (Lipinski definition) is 0. The maximum Gasteiger partial charge on any atom is 0.232 e. The summed E-state index contributed by atoms with van der Waals surface area (Å²) in [7, 11) is 0. The van der Waals surface area contributed by atoms with Crippen LogP contribution in [0.5, 0.6) is 0 Å².